The molecule has 4 rings (SSSR count). The zero-order chi connectivity index (χ0) is 18.7. The maximum absolute atomic E-state index is 13.4. The van der Waals surface area contributed by atoms with Gasteiger partial charge in [-0.1, -0.05) is 97.1 Å². The molecule has 0 fully saturated rings. The first kappa shape index (κ1) is 17.7. The highest BCUT2D eigenvalue weighted by Gasteiger charge is 2.34. The summed E-state index contributed by atoms with van der Waals surface area (Å²) in [5.74, 6) is 0.0923. The van der Waals surface area contributed by atoms with Crippen molar-refractivity contribution in [3.63, 3.8) is 0 Å². The number of rotatable bonds is 5. The van der Waals surface area contributed by atoms with Gasteiger partial charge >= 0.3 is 0 Å². The summed E-state index contributed by atoms with van der Waals surface area (Å²) in [5, 5.41) is 13.7. The Morgan fingerprint density at radius 1 is 0.667 bits per heavy atom. The van der Waals surface area contributed by atoms with Crippen molar-refractivity contribution in [2.45, 2.75) is 10.5 Å². The molecule has 3 heteroatoms. The molecule has 0 aliphatic carbocycles. The van der Waals surface area contributed by atoms with Gasteiger partial charge in [0.2, 0.25) is 0 Å². The molecule has 0 saturated heterocycles. The Morgan fingerprint density at radius 2 is 1.19 bits per heavy atom. The lowest BCUT2D eigenvalue weighted by Gasteiger charge is -2.29. The molecule has 0 aromatic heterocycles. The number of fused-ring (bicyclic) bond motifs is 1. The summed E-state index contributed by atoms with van der Waals surface area (Å²) < 4.78 is 13.4. The van der Waals surface area contributed by atoms with Crippen molar-refractivity contribution in [1.82, 2.24) is 0 Å². The molecule has 0 saturated carbocycles. The van der Waals surface area contributed by atoms with Gasteiger partial charge in [0, 0.05) is 4.90 Å². The van der Waals surface area contributed by atoms with Crippen molar-refractivity contribution in [2.75, 3.05) is 5.75 Å². The molecule has 2 nitrogen and oxygen atoms in total. The molecule has 0 aliphatic rings. The number of hydrogen-bond donors (Lipinski definition) is 1. The topological polar surface area (TPSA) is 37.3 Å². The lowest BCUT2D eigenvalue weighted by atomic mass is 9.88. The first-order valence-electron chi connectivity index (χ1n) is 8.88. The molecule has 0 spiro atoms. The summed E-state index contributed by atoms with van der Waals surface area (Å²) >= 11 is 0. The molecule has 27 heavy (non-hydrogen) atoms. The van der Waals surface area contributed by atoms with Crippen molar-refractivity contribution in [2.24, 2.45) is 0 Å². The average Bonchev–Trinajstić information content (AvgIpc) is 2.74. The summed E-state index contributed by atoms with van der Waals surface area (Å²) in [5.41, 5.74) is 0.152. The van der Waals surface area contributed by atoms with Gasteiger partial charge in [0.1, 0.15) is 5.60 Å². The van der Waals surface area contributed by atoms with Crippen molar-refractivity contribution >= 4 is 21.6 Å². The van der Waals surface area contributed by atoms with Crippen LogP contribution < -0.4 is 0 Å². The lowest BCUT2D eigenvalue weighted by Crippen LogP contribution is -2.33. The molecular weight excluding hydrogens is 352 g/mol. The van der Waals surface area contributed by atoms with Crippen LogP contribution in [0.1, 0.15) is 11.1 Å². The van der Waals surface area contributed by atoms with Gasteiger partial charge < -0.3 is 5.11 Å². The van der Waals surface area contributed by atoms with Crippen LogP contribution in [0.3, 0.4) is 0 Å². The van der Waals surface area contributed by atoms with Gasteiger partial charge in [-0.2, -0.15) is 0 Å². The summed E-state index contributed by atoms with van der Waals surface area (Å²) in [7, 11) is -1.38. The Morgan fingerprint density at radius 3 is 1.81 bits per heavy atom. The molecule has 134 valence electrons. The number of benzene rings is 4. The van der Waals surface area contributed by atoms with Crippen LogP contribution in [0, 0.1) is 0 Å². The molecule has 0 radical (unpaired) electrons. The standard InChI is InChI=1S/C24H20O2S/c25-24(20-12-3-1-4-13-20,21-14-5-2-6-15-21)18-27(26)23-17-9-11-19-10-7-8-16-22(19)23/h1-17,25H,18H2/t27-/m0/s1. The Kier molecular flexibility index (Phi) is 4.88. The number of hydrogen-bond acceptors (Lipinski definition) is 2. The summed E-state index contributed by atoms with van der Waals surface area (Å²) in [6, 6.07) is 32.6. The molecule has 4 aromatic carbocycles. The fourth-order valence-corrected chi connectivity index (χ4v) is 4.95. The van der Waals surface area contributed by atoms with Crippen LogP contribution in [-0.2, 0) is 16.4 Å². The van der Waals surface area contributed by atoms with Crippen LogP contribution in [-0.4, -0.2) is 15.1 Å². The second-order valence-corrected chi connectivity index (χ2v) is 7.98. The summed E-state index contributed by atoms with van der Waals surface area (Å²) in [4.78, 5) is 0.749. The van der Waals surface area contributed by atoms with E-state index in [4.69, 9.17) is 0 Å². The largest absolute Gasteiger partial charge is 0.379 e. The minimum atomic E-state index is -1.38. The third kappa shape index (κ3) is 3.44. The van der Waals surface area contributed by atoms with E-state index in [0.717, 1.165) is 26.8 Å². The lowest BCUT2D eigenvalue weighted by molar-refractivity contribution is 0.106. The molecule has 4 aromatic rings. The number of aliphatic hydroxyl groups is 1. The summed E-state index contributed by atoms with van der Waals surface area (Å²) in [6.45, 7) is 0. The maximum Gasteiger partial charge on any atom is 0.126 e. The fraction of sp³-hybridized carbons (Fsp3) is 0.0833. The molecule has 1 N–H and O–H groups in total. The highest BCUT2D eigenvalue weighted by atomic mass is 32.2. The predicted molar refractivity (Wildman–Crippen MR) is 111 cm³/mol. The first-order chi connectivity index (χ1) is 13.2. The summed E-state index contributed by atoms with van der Waals surface area (Å²) in [6.07, 6.45) is 0. The molecule has 0 heterocycles. The van der Waals surface area contributed by atoms with Gasteiger partial charge in [0.15, 0.2) is 0 Å². The van der Waals surface area contributed by atoms with Crippen LogP contribution in [0.15, 0.2) is 108 Å². The molecular formula is C24H20O2S. The fourth-order valence-electron chi connectivity index (χ4n) is 3.42. The minimum absolute atomic E-state index is 0.0923. The van der Waals surface area contributed by atoms with Gasteiger partial charge in [-0.3, -0.25) is 4.21 Å². The molecule has 1 atom stereocenters. The Balaban J connectivity index is 1.79. The second kappa shape index (κ2) is 7.47. The van der Waals surface area contributed by atoms with E-state index in [1.165, 1.54) is 0 Å². The zero-order valence-corrected chi connectivity index (χ0v) is 15.6. The van der Waals surface area contributed by atoms with Gasteiger partial charge in [-0.15, -0.1) is 0 Å². The molecule has 0 bridgehead atoms. The molecule has 0 aliphatic heterocycles. The third-order valence-corrected chi connectivity index (χ3v) is 6.36. The van der Waals surface area contributed by atoms with E-state index in [1.807, 2.05) is 103 Å². The van der Waals surface area contributed by atoms with Crippen molar-refractivity contribution in [3.8, 4) is 0 Å². The quantitative estimate of drug-likeness (QED) is 0.542. The normalized spacial score (nSPS) is 12.8. The predicted octanol–water partition coefficient (Wildman–Crippen LogP) is 4.88. The monoisotopic (exact) mass is 372 g/mol. The van der Waals surface area contributed by atoms with Crippen molar-refractivity contribution in [1.29, 1.82) is 0 Å². The van der Waals surface area contributed by atoms with E-state index in [-0.39, 0.29) is 5.75 Å². The van der Waals surface area contributed by atoms with Crippen LogP contribution in [0.5, 0.6) is 0 Å². The molecule has 0 unspecified atom stereocenters. The van der Waals surface area contributed by atoms with Gasteiger partial charge in [-0.25, -0.2) is 0 Å². The maximum atomic E-state index is 13.4. The zero-order valence-electron chi connectivity index (χ0n) is 14.8. The van der Waals surface area contributed by atoms with E-state index in [1.54, 1.807) is 0 Å². The Hall–Kier alpha value is -2.75. The first-order valence-corrected chi connectivity index (χ1v) is 10.2. The van der Waals surface area contributed by atoms with E-state index in [0.29, 0.717) is 0 Å². The van der Waals surface area contributed by atoms with E-state index < -0.39 is 16.4 Å². The van der Waals surface area contributed by atoms with Crippen LogP contribution in [0.2, 0.25) is 0 Å². The minimum Gasteiger partial charge on any atom is -0.379 e. The van der Waals surface area contributed by atoms with Gasteiger partial charge in [0.05, 0.1) is 16.6 Å². The highest BCUT2D eigenvalue weighted by molar-refractivity contribution is 7.85. The second-order valence-electron chi connectivity index (χ2n) is 6.56. The van der Waals surface area contributed by atoms with Crippen molar-refractivity contribution < 1.29 is 9.32 Å². The molecule has 0 amide bonds. The van der Waals surface area contributed by atoms with E-state index in [9.17, 15) is 9.32 Å². The smallest absolute Gasteiger partial charge is 0.126 e. The van der Waals surface area contributed by atoms with Gasteiger partial charge in [-0.05, 0) is 28.0 Å². The van der Waals surface area contributed by atoms with E-state index >= 15 is 0 Å². The third-order valence-electron chi connectivity index (χ3n) is 4.84. The van der Waals surface area contributed by atoms with Crippen LogP contribution in [0.25, 0.3) is 10.8 Å². The average molecular weight is 372 g/mol. The van der Waals surface area contributed by atoms with Crippen LogP contribution >= 0.6 is 0 Å². The SMILES string of the molecule is O=[S@@](CC(O)(c1ccccc1)c1ccccc1)c1cccc2ccccc12. The van der Waals surface area contributed by atoms with Gasteiger partial charge in [0.25, 0.3) is 0 Å². The Labute approximate surface area is 161 Å². The van der Waals surface area contributed by atoms with E-state index in [2.05, 4.69) is 0 Å². The van der Waals surface area contributed by atoms with Crippen LogP contribution in [0.4, 0.5) is 0 Å². The van der Waals surface area contributed by atoms with Crippen molar-refractivity contribution in [3.05, 3.63) is 114 Å². The highest BCUT2D eigenvalue weighted by Crippen LogP contribution is 2.33. The Bertz CT molecular complexity index is 1030.